The van der Waals surface area contributed by atoms with Gasteiger partial charge in [0.05, 0.1) is 17.6 Å². The molecular formula is C27H27N5O4S2. The molecule has 3 aromatic rings. The number of carbonyl (C=O) groups excluding carboxylic acids is 2. The summed E-state index contributed by atoms with van der Waals surface area (Å²) in [5.74, 6) is 0.525. The van der Waals surface area contributed by atoms with E-state index in [9.17, 15) is 14.4 Å². The maximum atomic E-state index is 13.6. The SMILES string of the molecule is COc1ccc(CCN2C(=O)/C(=C\c3c(N4CCC(C(N)=O)CC4)nc4ccccn4c3=O)SC2=S)cc1. The standard InChI is InChI=1S/C27H27N5O4S2/c1-36-19-7-5-17(6-8-19)9-15-32-26(35)21(38-27(32)37)16-20-24(30-13-10-18(11-14-30)23(28)33)29-22-4-2-3-12-31(22)25(20)34/h2-8,12,16,18H,9-11,13-15H2,1H3,(H2,28,33)/b21-16+. The first kappa shape index (κ1) is 25.9. The summed E-state index contributed by atoms with van der Waals surface area (Å²) in [6.45, 7) is 1.50. The normalized spacial score (nSPS) is 17.6. The molecule has 0 spiro atoms. The zero-order chi connectivity index (χ0) is 26.8. The molecule has 1 aromatic carbocycles. The van der Waals surface area contributed by atoms with Crippen LogP contribution in [0.3, 0.4) is 0 Å². The highest BCUT2D eigenvalue weighted by molar-refractivity contribution is 8.26. The van der Waals surface area contributed by atoms with E-state index in [1.165, 1.54) is 16.2 Å². The minimum atomic E-state index is -0.310. The molecule has 2 saturated heterocycles. The number of anilines is 1. The number of hydrogen-bond donors (Lipinski definition) is 1. The number of nitrogens with zero attached hydrogens (tertiary/aromatic N) is 4. The van der Waals surface area contributed by atoms with Crippen molar-refractivity contribution < 1.29 is 14.3 Å². The van der Waals surface area contributed by atoms with Crippen LogP contribution in [-0.4, -0.2) is 57.2 Å². The number of hydrogen-bond acceptors (Lipinski definition) is 8. The van der Waals surface area contributed by atoms with Crippen LogP contribution < -0.4 is 20.9 Å². The summed E-state index contributed by atoms with van der Waals surface area (Å²) in [5.41, 5.74) is 7.12. The number of rotatable bonds is 7. The van der Waals surface area contributed by atoms with E-state index in [1.807, 2.05) is 35.2 Å². The molecule has 2 fully saturated rings. The third-order valence-corrected chi connectivity index (χ3v) is 8.26. The number of thioether (sulfide) groups is 1. The van der Waals surface area contributed by atoms with Crippen molar-refractivity contribution in [1.82, 2.24) is 14.3 Å². The van der Waals surface area contributed by atoms with E-state index in [0.717, 1.165) is 11.3 Å². The second kappa shape index (κ2) is 11.0. The Bertz CT molecular complexity index is 1490. The van der Waals surface area contributed by atoms with Crippen molar-refractivity contribution in [3.8, 4) is 5.75 Å². The number of nitrogens with two attached hydrogens (primary N) is 1. The molecule has 0 bridgehead atoms. The van der Waals surface area contributed by atoms with E-state index >= 15 is 0 Å². The van der Waals surface area contributed by atoms with E-state index in [0.29, 0.717) is 65.2 Å². The number of aromatic nitrogens is 2. The summed E-state index contributed by atoms with van der Waals surface area (Å²) in [5, 5.41) is 0. The van der Waals surface area contributed by atoms with E-state index in [1.54, 1.807) is 36.4 Å². The molecule has 2 aliphatic heterocycles. The van der Waals surface area contributed by atoms with Gasteiger partial charge in [0.2, 0.25) is 5.91 Å². The Morgan fingerprint density at radius 2 is 1.92 bits per heavy atom. The van der Waals surface area contributed by atoms with Gasteiger partial charge >= 0.3 is 0 Å². The van der Waals surface area contributed by atoms with Crippen molar-refractivity contribution in [2.45, 2.75) is 19.3 Å². The third-order valence-electron chi connectivity index (χ3n) is 6.88. The van der Waals surface area contributed by atoms with Crippen LogP contribution in [0.4, 0.5) is 5.82 Å². The molecule has 0 unspecified atom stereocenters. The van der Waals surface area contributed by atoms with Crippen molar-refractivity contribution in [2.75, 3.05) is 31.6 Å². The molecule has 0 saturated carbocycles. The van der Waals surface area contributed by atoms with Gasteiger partial charge in [0, 0.05) is 31.7 Å². The van der Waals surface area contributed by atoms with Crippen LogP contribution in [0.1, 0.15) is 24.0 Å². The van der Waals surface area contributed by atoms with Crippen molar-refractivity contribution in [2.24, 2.45) is 11.7 Å². The van der Waals surface area contributed by atoms with E-state index in [2.05, 4.69) is 0 Å². The van der Waals surface area contributed by atoms with Crippen LogP contribution in [0.25, 0.3) is 11.7 Å². The molecule has 38 heavy (non-hydrogen) atoms. The lowest BCUT2D eigenvalue weighted by Gasteiger charge is -2.32. The summed E-state index contributed by atoms with van der Waals surface area (Å²) in [7, 11) is 1.62. The number of pyridine rings is 1. The lowest BCUT2D eigenvalue weighted by Crippen LogP contribution is -2.40. The first-order valence-corrected chi connectivity index (χ1v) is 13.5. The average molecular weight is 550 g/mol. The Labute approximate surface area is 229 Å². The van der Waals surface area contributed by atoms with E-state index < -0.39 is 0 Å². The third kappa shape index (κ3) is 5.16. The highest BCUT2D eigenvalue weighted by atomic mass is 32.2. The Balaban J connectivity index is 1.44. The van der Waals surface area contributed by atoms with Gasteiger partial charge in [0.25, 0.3) is 11.5 Å². The fourth-order valence-electron chi connectivity index (χ4n) is 4.69. The molecule has 2 aromatic heterocycles. The van der Waals surface area contributed by atoms with Gasteiger partial charge in [-0.25, -0.2) is 4.98 Å². The number of ether oxygens (including phenoxy) is 1. The number of amides is 2. The maximum absolute atomic E-state index is 13.6. The summed E-state index contributed by atoms with van der Waals surface area (Å²) in [6.07, 6.45) is 5.06. The average Bonchev–Trinajstić information content (AvgIpc) is 3.20. The summed E-state index contributed by atoms with van der Waals surface area (Å²) >= 11 is 6.71. The highest BCUT2D eigenvalue weighted by Gasteiger charge is 2.33. The molecule has 2 aliphatic rings. The number of benzene rings is 1. The topological polar surface area (TPSA) is 110 Å². The van der Waals surface area contributed by atoms with Gasteiger partial charge in [-0.15, -0.1) is 0 Å². The molecule has 11 heteroatoms. The first-order chi connectivity index (χ1) is 18.4. The van der Waals surface area contributed by atoms with Gasteiger partial charge < -0.3 is 15.4 Å². The zero-order valence-electron chi connectivity index (χ0n) is 20.8. The van der Waals surface area contributed by atoms with Crippen LogP contribution in [0.2, 0.25) is 0 Å². The highest BCUT2D eigenvalue weighted by Crippen LogP contribution is 2.34. The Morgan fingerprint density at radius 3 is 2.61 bits per heavy atom. The second-order valence-corrected chi connectivity index (χ2v) is 10.9. The molecule has 9 nitrogen and oxygen atoms in total. The van der Waals surface area contributed by atoms with Gasteiger partial charge in [-0.05, 0) is 55.2 Å². The van der Waals surface area contributed by atoms with Gasteiger partial charge in [0.15, 0.2) is 0 Å². The van der Waals surface area contributed by atoms with Crippen LogP contribution >= 0.6 is 24.0 Å². The Kier molecular flexibility index (Phi) is 7.48. The zero-order valence-corrected chi connectivity index (χ0v) is 22.5. The Morgan fingerprint density at radius 1 is 1.18 bits per heavy atom. The summed E-state index contributed by atoms with van der Waals surface area (Å²) in [4.78, 5) is 47.3. The summed E-state index contributed by atoms with van der Waals surface area (Å²) in [6, 6.07) is 13.0. The van der Waals surface area contributed by atoms with Gasteiger partial charge in [-0.1, -0.05) is 42.2 Å². The van der Waals surface area contributed by atoms with Crippen LogP contribution in [-0.2, 0) is 16.0 Å². The number of piperidine rings is 1. The van der Waals surface area contributed by atoms with Crippen LogP contribution in [0.15, 0.2) is 58.4 Å². The van der Waals surface area contributed by atoms with Gasteiger partial charge in [0.1, 0.15) is 21.5 Å². The molecular weight excluding hydrogens is 522 g/mol. The molecule has 0 radical (unpaired) electrons. The van der Waals surface area contributed by atoms with Crippen LogP contribution in [0, 0.1) is 5.92 Å². The second-order valence-electron chi connectivity index (χ2n) is 9.18. The molecule has 2 amide bonds. The maximum Gasteiger partial charge on any atom is 0.267 e. The lowest BCUT2D eigenvalue weighted by molar-refractivity contribution is -0.123. The van der Waals surface area contributed by atoms with Gasteiger partial charge in [-0.2, -0.15) is 0 Å². The minimum absolute atomic E-state index is 0.196. The van der Waals surface area contributed by atoms with Crippen molar-refractivity contribution in [1.29, 1.82) is 0 Å². The van der Waals surface area contributed by atoms with Gasteiger partial charge in [-0.3, -0.25) is 23.7 Å². The molecule has 2 N–H and O–H groups in total. The quantitative estimate of drug-likeness (QED) is 0.354. The number of carbonyl (C=O) groups is 2. The number of primary amides is 1. The van der Waals surface area contributed by atoms with E-state index in [4.69, 9.17) is 27.7 Å². The van der Waals surface area contributed by atoms with E-state index in [-0.39, 0.29) is 23.3 Å². The summed E-state index contributed by atoms with van der Waals surface area (Å²) < 4.78 is 7.12. The lowest BCUT2D eigenvalue weighted by atomic mass is 9.96. The molecule has 4 heterocycles. The largest absolute Gasteiger partial charge is 0.497 e. The first-order valence-electron chi connectivity index (χ1n) is 12.3. The Hall–Kier alpha value is -3.70. The molecule has 196 valence electrons. The van der Waals surface area contributed by atoms with Crippen molar-refractivity contribution in [3.63, 3.8) is 0 Å². The molecule has 0 atom stereocenters. The molecule has 5 rings (SSSR count). The fraction of sp³-hybridized carbons (Fsp3) is 0.296. The predicted molar refractivity (Wildman–Crippen MR) is 152 cm³/mol. The minimum Gasteiger partial charge on any atom is -0.497 e. The monoisotopic (exact) mass is 549 g/mol. The van der Waals surface area contributed by atoms with Crippen molar-refractivity contribution >= 4 is 57.7 Å². The van der Waals surface area contributed by atoms with Crippen molar-refractivity contribution in [3.05, 3.63) is 75.0 Å². The fourth-order valence-corrected chi connectivity index (χ4v) is 5.98. The number of methoxy groups -OCH3 is 1. The smallest absolute Gasteiger partial charge is 0.267 e. The number of thiocarbonyl (C=S) groups is 1. The molecule has 0 aliphatic carbocycles. The van der Waals surface area contributed by atoms with Crippen LogP contribution in [0.5, 0.6) is 5.75 Å². The predicted octanol–water partition coefficient (Wildman–Crippen LogP) is 2.85. The number of fused-ring (bicyclic) bond motifs is 1.